The highest BCUT2D eigenvalue weighted by Gasteiger charge is 2.48. The molecule has 0 saturated heterocycles. The van der Waals surface area contributed by atoms with Crippen LogP contribution in [-0.4, -0.2) is 51.3 Å². The number of carbonyl (C=O) groups excluding carboxylic acids is 2. The monoisotopic (exact) mass is 495 g/mol. The van der Waals surface area contributed by atoms with Gasteiger partial charge < -0.3 is 20.1 Å². The normalized spacial score (nSPS) is 25.2. The van der Waals surface area contributed by atoms with E-state index in [1.807, 2.05) is 0 Å². The average molecular weight is 496 g/mol. The molecule has 4 rings (SSSR count). The summed E-state index contributed by atoms with van der Waals surface area (Å²) in [5.41, 5.74) is -1.64. The van der Waals surface area contributed by atoms with Crippen LogP contribution in [0.5, 0.6) is 0 Å². The Kier molecular flexibility index (Phi) is 6.63. The molecule has 0 bridgehead atoms. The first-order valence-corrected chi connectivity index (χ1v) is 12.0. The molecule has 2 amide bonds. The molecule has 192 valence electrons. The smallest absolute Gasteiger partial charge is 0.417 e. The van der Waals surface area contributed by atoms with Gasteiger partial charge >= 0.3 is 12.3 Å². The predicted octanol–water partition coefficient (Wildman–Crippen LogP) is 3.99. The van der Waals surface area contributed by atoms with E-state index in [2.05, 4.69) is 10.3 Å². The molecule has 0 radical (unpaired) electrons. The van der Waals surface area contributed by atoms with Crippen LogP contribution in [0.3, 0.4) is 0 Å². The van der Waals surface area contributed by atoms with Gasteiger partial charge in [-0.15, -0.1) is 0 Å². The molecule has 1 aromatic rings. The summed E-state index contributed by atoms with van der Waals surface area (Å²) in [4.78, 5) is 31.6. The molecule has 7 nitrogen and oxygen atoms in total. The number of fused-ring (bicyclic) bond motifs is 1. The molecule has 0 spiro atoms. The van der Waals surface area contributed by atoms with Crippen molar-refractivity contribution >= 4 is 12.0 Å². The highest BCUT2D eigenvalue weighted by atomic mass is 19.4. The van der Waals surface area contributed by atoms with E-state index in [0.717, 1.165) is 25.1 Å². The molecule has 1 saturated carbocycles. The van der Waals surface area contributed by atoms with Gasteiger partial charge in [0.15, 0.2) is 0 Å². The van der Waals surface area contributed by atoms with E-state index < -0.39 is 41.0 Å². The number of carbonyl (C=O) groups is 2. The number of nitrogens with one attached hydrogen (secondary N) is 1. The fraction of sp³-hybridized carbons (Fsp3) is 0.640. The highest BCUT2D eigenvalue weighted by molar-refractivity contribution is 5.86. The zero-order chi connectivity index (χ0) is 25.6. The van der Waals surface area contributed by atoms with Crippen LogP contribution >= 0.6 is 0 Å². The van der Waals surface area contributed by atoms with Gasteiger partial charge in [-0.25, -0.2) is 4.79 Å². The maximum Gasteiger partial charge on any atom is 0.417 e. The minimum Gasteiger partial charge on any atom is -0.444 e. The fourth-order valence-electron chi connectivity index (χ4n) is 4.87. The standard InChI is InChI=1S/C25H32F3N3O4/c1-23(2,3)35-22(34)30-18-6-8-24(11-18,12-20(32)15-4-5-15)21(33)31-9-7-19-16(14-31)10-17(13-29-19)25(26,27)28/h6,8,10,13,15,18,20,32H,4-5,7,9,11-12,14H2,1-3H3,(H,30,34)/t18?,20?,24-/m0/s1. The Morgan fingerprint density at radius 1 is 1.31 bits per heavy atom. The Morgan fingerprint density at radius 2 is 2.03 bits per heavy atom. The van der Waals surface area contributed by atoms with Gasteiger partial charge in [0.25, 0.3) is 0 Å². The zero-order valence-electron chi connectivity index (χ0n) is 20.2. The van der Waals surface area contributed by atoms with Crippen molar-refractivity contribution in [3.63, 3.8) is 0 Å². The van der Waals surface area contributed by atoms with Crippen molar-refractivity contribution in [2.75, 3.05) is 6.54 Å². The molecular formula is C25H32F3N3O4. The molecule has 1 aliphatic heterocycles. The van der Waals surface area contributed by atoms with E-state index in [-0.39, 0.29) is 31.2 Å². The van der Waals surface area contributed by atoms with E-state index in [9.17, 15) is 27.9 Å². The minimum absolute atomic E-state index is 0.0182. The Balaban J connectivity index is 1.52. The lowest BCUT2D eigenvalue weighted by Crippen LogP contribution is -2.48. The average Bonchev–Trinajstić information content (AvgIpc) is 3.53. The third-order valence-electron chi connectivity index (χ3n) is 6.75. The topological polar surface area (TPSA) is 91.8 Å². The molecule has 3 atom stereocenters. The highest BCUT2D eigenvalue weighted by Crippen LogP contribution is 2.44. The molecule has 3 aliphatic rings. The number of ether oxygens (including phenoxy) is 1. The van der Waals surface area contributed by atoms with Crippen LogP contribution in [0.4, 0.5) is 18.0 Å². The summed E-state index contributed by atoms with van der Waals surface area (Å²) >= 11 is 0. The second kappa shape index (κ2) is 9.11. The second-order valence-corrected chi connectivity index (χ2v) is 10.9. The summed E-state index contributed by atoms with van der Waals surface area (Å²) in [6, 6.07) is 0.598. The Morgan fingerprint density at radius 3 is 2.66 bits per heavy atom. The molecule has 2 aliphatic carbocycles. The van der Waals surface area contributed by atoms with Crippen molar-refractivity contribution in [3.8, 4) is 0 Å². The summed E-state index contributed by atoms with van der Waals surface area (Å²) < 4.78 is 44.9. The van der Waals surface area contributed by atoms with Crippen molar-refractivity contribution in [1.82, 2.24) is 15.2 Å². The minimum atomic E-state index is -4.52. The summed E-state index contributed by atoms with van der Waals surface area (Å²) in [5, 5.41) is 13.5. The van der Waals surface area contributed by atoms with Crippen LogP contribution in [0.1, 0.15) is 63.3 Å². The van der Waals surface area contributed by atoms with Gasteiger partial charge in [0.1, 0.15) is 5.60 Å². The van der Waals surface area contributed by atoms with Gasteiger partial charge in [0.05, 0.1) is 23.1 Å². The Bertz CT molecular complexity index is 1020. The van der Waals surface area contributed by atoms with Crippen LogP contribution in [0, 0.1) is 11.3 Å². The number of aromatic nitrogens is 1. The second-order valence-electron chi connectivity index (χ2n) is 10.9. The molecule has 1 aromatic heterocycles. The molecule has 10 heteroatoms. The number of alkyl halides is 3. The van der Waals surface area contributed by atoms with Crippen molar-refractivity contribution in [2.45, 2.75) is 83.3 Å². The van der Waals surface area contributed by atoms with Crippen LogP contribution in [0.2, 0.25) is 0 Å². The van der Waals surface area contributed by atoms with Crippen LogP contribution in [0.15, 0.2) is 24.4 Å². The van der Waals surface area contributed by atoms with E-state index in [1.54, 1.807) is 37.8 Å². The van der Waals surface area contributed by atoms with Crippen molar-refractivity contribution in [1.29, 1.82) is 0 Å². The third-order valence-corrected chi connectivity index (χ3v) is 6.75. The Hall–Kier alpha value is -2.62. The van der Waals surface area contributed by atoms with Crippen molar-refractivity contribution in [3.05, 3.63) is 41.2 Å². The maximum atomic E-state index is 13.8. The number of aliphatic hydroxyl groups excluding tert-OH is 1. The van der Waals surface area contributed by atoms with Crippen molar-refractivity contribution < 1.29 is 32.6 Å². The SMILES string of the molecule is CC(C)(C)OC(=O)NC1C=C[C@](CC(O)C2CC2)(C(=O)N2CCc3ncc(C(F)(F)F)cc3C2)C1. The molecule has 2 heterocycles. The van der Waals surface area contributed by atoms with Gasteiger partial charge in [-0.1, -0.05) is 12.2 Å². The van der Waals surface area contributed by atoms with Crippen molar-refractivity contribution in [2.24, 2.45) is 11.3 Å². The zero-order valence-corrected chi connectivity index (χ0v) is 20.2. The first kappa shape index (κ1) is 25.5. The molecular weight excluding hydrogens is 463 g/mol. The number of rotatable bonds is 5. The number of amides is 2. The number of hydrogen-bond donors (Lipinski definition) is 2. The maximum absolute atomic E-state index is 13.8. The number of halogens is 3. The van der Waals surface area contributed by atoms with Crippen LogP contribution < -0.4 is 5.32 Å². The van der Waals surface area contributed by atoms with E-state index in [0.29, 0.717) is 24.2 Å². The number of aliphatic hydroxyl groups is 1. The van der Waals surface area contributed by atoms with Gasteiger partial charge in [-0.3, -0.25) is 9.78 Å². The lowest BCUT2D eigenvalue weighted by molar-refractivity contribution is -0.142. The van der Waals surface area contributed by atoms with E-state index >= 15 is 0 Å². The van der Waals surface area contributed by atoms with Gasteiger partial charge in [-0.2, -0.15) is 13.2 Å². The quantitative estimate of drug-likeness (QED) is 0.603. The fourth-order valence-corrected chi connectivity index (χ4v) is 4.87. The summed E-state index contributed by atoms with van der Waals surface area (Å²) in [6.45, 7) is 5.60. The first-order chi connectivity index (χ1) is 16.3. The van der Waals surface area contributed by atoms with Crippen LogP contribution in [-0.2, 0) is 28.7 Å². The largest absolute Gasteiger partial charge is 0.444 e. The van der Waals surface area contributed by atoms with E-state index in [1.165, 1.54) is 0 Å². The molecule has 2 unspecified atom stereocenters. The summed E-state index contributed by atoms with van der Waals surface area (Å²) in [6.07, 6.45) is 1.12. The van der Waals surface area contributed by atoms with Crippen LogP contribution in [0.25, 0.3) is 0 Å². The molecule has 2 N–H and O–H groups in total. The lowest BCUT2D eigenvalue weighted by atomic mass is 9.78. The van der Waals surface area contributed by atoms with Gasteiger partial charge in [0, 0.05) is 31.4 Å². The molecule has 0 aromatic carbocycles. The lowest BCUT2D eigenvalue weighted by Gasteiger charge is -2.37. The summed E-state index contributed by atoms with van der Waals surface area (Å²) in [7, 11) is 0. The first-order valence-electron chi connectivity index (χ1n) is 12.0. The van der Waals surface area contributed by atoms with Gasteiger partial charge in [0.2, 0.25) is 5.91 Å². The number of nitrogens with zero attached hydrogens (tertiary/aromatic N) is 2. The number of pyridine rings is 1. The van der Waals surface area contributed by atoms with E-state index in [4.69, 9.17) is 4.74 Å². The van der Waals surface area contributed by atoms with Gasteiger partial charge in [-0.05, 0) is 64.0 Å². The Labute approximate surface area is 202 Å². The summed E-state index contributed by atoms with van der Waals surface area (Å²) in [5.74, 6) is -0.114. The number of hydrogen-bond acceptors (Lipinski definition) is 5. The predicted molar refractivity (Wildman–Crippen MR) is 121 cm³/mol. The molecule has 1 fully saturated rings. The number of alkyl carbamates (subject to hydrolysis) is 1. The molecule has 35 heavy (non-hydrogen) atoms. The third kappa shape index (κ3) is 5.97.